The molecule has 4 aromatic heterocycles. The van der Waals surface area contributed by atoms with Gasteiger partial charge in [-0.3, -0.25) is 4.98 Å². The van der Waals surface area contributed by atoms with Crippen LogP contribution < -0.4 is 0 Å². The van der Waals surface area contributed by atoms with E-state index in [0.717, 1.165) is 85.6 Å². The van der Waals surface area contributed by atoms with Crippen molar-refractivity contribution < 1.29 is 0 Å². The molecular formula is C51H35N5. The third kappa shape index (κ3) is 5.28. The molecule has 5 nitrogen and oxygen atoms in total. The van der Waals surface area contributed by atoms with Gasteiger partial charge in [0.05, 0.1) is 39.0 Å². The van der Waals surface area contributed by atoms with Gasteiger partial charge in [-0.1, -0.05) is 121 Å². The van der Waals surface area contributed by atoms with Gasteiger partial charge < -0.3 is 9.13 Å². The molecule has 0 bridgehead atoms. The first kappa shape index (κ1) is 32.1. The monoisotopic (exact) mass is 717 g/mol. The van der Waals surface area contributed by atoms with Crippen molar-refractivity contribution in [1.29, 1.82) is 0 Å². The molecule has 1 aliphatic carbocycles. The van der Waals surface area contributed by atoms with E-state index >= 15 is 0 Å². The van der Waals surface area contributed by atoms with Gasteiger partial charge in [0.25, 0.3) is 0 Å². The highest BCUT2D eigenvalue weighted by Gasteiger charge is 2.19. The minimum Gasteiger partial charge on any atom is -0.309 e. The lowest BCUT2D eigenvalue weighted by Gasteiger charge is -2.13. The summed E-state index contributed by atoms with van der Waals surface area (Å²) in [5, 5.41) is 3.60. The largest absolute Gasteiger partial charge is 0.309 e. The Balaban J connectivity index is 1.05. The zero-order valence-corrected chi connectivity index (χ0v) is 30.5. The summed E-state index contributed by atoms with van der Waals surface area (Å²) in [6.45, 7) is 0. The maximum absolute atomic E-state index is 5.08. The van der Waals surface area contributed by atoms with Crippen LogP contribution in [0.2, 0.25) is 0 Å². The highest BCUT2D eigenvalue weighted by atomic mass is 15.0. The maximum Gasteiger partial charge on any atom is 0.160 e. The standard InChI is InChI=1S/C51H35N5/c1-4-14-34(15-5-1)44-33-45(54-51(53-44)36-16-6-2-7-17-36)35-25-28-39(29-26-35)55-47-30-27-37(32-43(47)49-48(55)24-13-31-52-49)40-21-12-22-42-41-20-10-11-23-46(41)56(50(40)42)38-18-8-3-9-19-38/h2-4,6-33H,1,5H2. The molecule has 0 saturated heterocycles. The molecular weight excluding hydrogens is 683 g/mol. The van der Waals surface area contributed by atoms with Gasteiger partial charge in [-0.25, -0.2) is 9.97 Å². The van der Waals surface area contributed by atoms with Crippen LogP contribution in [-0.4, -0.2) is 24.1 Å². The van der Waals surface area contributed by atoms with Crippen molar-refractivity contribution in [1.82, 2.24) is 24.1 Å². The third-order valence-corrected chi connectivity index (χ3v) is 11.0. The quantitative estimate of drug-likeness (QED) is 0.172. The zero-order valence-electron chi connectivity index (χ0n) is 30.5. The van der Waals surface area contributed by atoms with Crippen LogP contribution in [0.15, 0.2) is 188 Å². The summed E-state index contributed by atoms with van der Waals surface area (Å²) in [6.07, 6.45) is 10.6. The molecule has 5 heteroatoms. The van der Waals surface area contributed by atoms with Crippen LogP contribution in [0, 0.1) is 0 Å². The number of pyridine rings is 1. The summed E-state index contributed by atoms with van der Waals surface area (Å²) in [4.78, 5) is 15.0. The van der Waals surface area contributed by atoms with E-state index in [1.807, 2.05) is 30.5 Å². The number of hydrogen-bond donors (Lipinski definition) is 0. The van der Waals surface area contributed by atoms with Gasteiger partial charge >= 0.3 is 0 Å². The SMILES string of the molecule is C1=CC(c2cc(-c3ccc(-n4c5ccc(-c6cccc7c8ccccc8n(-c8ccccc8)c67)cc5c5ncccc54)cc3)nc(-c3ccccc3)n2)=CCC1. The van der Waals surface area contributed by atoms with Crippen LogP contribution in [0.3, 0.4) is 0 Å². The van der Waals surface area contributed by atoms with Crippen molar-refractivity contribution >= 4 is 49.3 Å². The minimum atomic E-state index is 0.728. The Morgan fingerprint density at radius 1 is 0.464 bits per heavy atom. The van der Waals surface area contributed by atoms with Gasteiger partial charge in [-0.15, -0.1) is 0 Å². The highest BCUT2D eigenvalue weighted by molar-refractivity contribution is 6.15. The van der Waals surface area contributed by atoms with E-state index < -0.39 is 0 Å². The van der Waals surface area contributed by atoms with Gasteiger partial charge in [-0.2, -0.15) is 0 Å². The van der Waals surface area contributed by atoms with E-state index in [-0.39, 0.29) is 0 Å². The predicted molar refractivity (Wildman–Crippen MR) is 231 cm³/mol. The first-order valence-electron chi connectivity index (χ1n) is 19.2. The van der Waals surface area contributed by atoms with Crippen LogP contribution in [0.25, 0.3) is 94.5 Å². The number of allylic oxidation sites excluding steroid dienone is 4. The van der Waals surface area contributed by atoms with E-state index in [1.54, 1.807) is 0 Å². The molecule has 0 saturated carbocycles. The van der Waals surface area contributed by atoms with Gasteiger partial charge in [-0.05, 0) is 84.6 Å². The summed E-state index contributed by atoms with van der Waals surface area (Å²) in [5.41, 5.74) is 15.1. The second kappa shape index (κ2) is 13.2. The van der Waals surface area contributed by atoms with Gasteiger partial charge in [0.2, 0.25) is 0 Å². The van der Waals surface area contributed by atoms with Crippen molar-refractivity contribution in [2.24, 2.45) is 0 Å². The summed E-state index contributed by atoms with van der Waals surface area (Å²) in [6, 6.07) is 58.1. The lowest BCUT2D eigenvalue weighted by Crippen LogP contribution is -1.99. The van der Waals surface area contributed by atoms with Crippen molar-refractivity contribution in [3.8, 4) is 45.1 Å². The molecule has 0 radical (unpaired) electrons. The molecule has 0 N–H and O–H groups in total. The molecule has 0 fully saturated rings. The fraction of sp³-hybridized carbons (Fsp3) is 0.0392. The fourth-order valence-electron chi connectivity index (χ4n) is 8.42. The minimum absolute atomic E-state index is 0.728. The molecule has 4 heterocycles. The van der Waals surface area contributed by atoms with E-state index in [2.05, 4.69) is 167 Å². The number of hydrogen-bond acceptors (Lipinski definition) is 3. The number of para-hydroxylation sites is 3. The molecule has 0 unspecified atom stereocenters. The van der Waals surface area contributed by atoms with Crippen molar-refractivity contribution in [3.05, 3.63) is 194 Å². The first-order chi connectivity index (χ1) is 27.8. The Hall–Kier alpha value is -7.37. The lowest BCUT2D eigenvalue weighted by molar-refractivity contribution is 1.03. The van der Waals surface area contributed by atoms with Crippen LogP contribution in [0.5, 0.6) is 0 Å². The van der Waals surface area contributed by atoms with Crippen LogP contribution in [-0.2, 0) is 0 Å². The Bertz CT molecular complexity index is 3170. The highest BCUT2D eigenvalue weighted by Crippen LogP contribution is 2.40. The number of nitrogens with zero attached hydrogens (tertiary/aromatic N) is 5. The predicted octanol–water partition coefficient (Wildman–Crippen LogP) is 12.8. The summed E-state index contributed by atoms with van der Waals surface area (Å²) >= 11 is 0. The molecule has 0 aliphatic heterocycles. The fourth-order valence-corrected chi connectivity index (χ4v) is 8.42. The molecule has 11 rings (SSSR count). The molecule has 264 valence electrons. The van der Waals surface area contributed by atoms with E-state index in [4.69, 9.17) is 15.0 Å². The molecule has 6 aromatic carbocycles. The van der Waals surface area contributed by atoms with E-state index in [0.29, 0.717) is 0 Å². The Labute approximate surface area is 324 Å². The molecule has 10 aromatic rings. The summed E-state index contributed by atoms with van der Waals surface area (Å²) in [5.74, 6) is 0.728. The first-order valence-corrected chi connectivity index (χ1v) is 19.2. The normalized spacial score (nSPS) is 12.9. The average molecular weight is 718 g/mol. The van der Waals surface area contributed by atoms with Crippen molar-refractivity contribution in [2.75, 3.05) is 0 Å². The van der Waals surface area contributed by atoms with Gasteiger partial charge in [0.1, 0.15) is 0 Å². The van der Waals surface area contributed by atoms with E-state index in [1.165, 1.54) is 27.4 Å². The second-order valence-corrected chi connectivity index (χ2v) is 14.3. The molecule has 0 amide bonds. The van der Waals surface area contributed by atoms with E-state index in [9.17, 15) is 0 Å². The molecule has 0 spiro atoms. The van der Waals surface area contributed by atoms with Crippen LogP contribution in [0.1, 0.15) is 18.5 Å². The number of rotatable bonds is 6. The smallest absolute Gasteiger partial charge is 0.160 e. The summed E-state index contributed by atoms with van der Waals surface area (Å²) in [7, 11) is 0. The average Bonchev–Trinajstić information content (AvgIpc) is 3.80. The van der Waals surface area contributed by atoms with Gasteiger partial charge in [0, 0.05) is 50.4 Å². The van der Waals surface area contributed by atoms with Crippen molar-refractivity contribution in [3.63, 3.8) is 0 Å². The summed E-state index contributed by atoms with van der Waals surface area (Å²) < 4.78 is 4.73. The van der Waals surface area contributed by atoms with Gasteiger partial charge in [0.15, 0.2) is 5.82 Å². The molecule has 0 atom stereocenters. The molecule has 56 heavy (non-hydrogen) atoms. The maximum atomic E-state index is 5.08. The number of benzene rings is 6. The zero-order chi connectivity index (χ0) is 37.0. The Morgan fingerprint density at radius 2 is 1.18 bits per heavy atom. The molecule has 1 aliphatic rings. The Kier molecular flexibility index (Phi) is 7.56. The van der Waals surface area contributed by atoms with Crippen LogP contribution in [0.4, 0.5) is 0 Å². The topological polar surface area (TPSA) is 48.5 Å². The Morgan fingerprint density at radius 3 is 2.02 bits per heavy atom. The van der Waals surface area contributed by atoms with Crippen molar-refractivity contribution in [2.45, 2.75) is 12.8 Å². The lowest BCUT2D eigenvalue weighted by atomic mass is 10.0. The third-order valence-electron chi connectivity index (χ3n) is 11.0. The number of fused-ring (bicyclic) bond motifs is 6. The second-order valence-electron chi connectivity index (χ2n) is 14.3. The van der Waals surface area contributed by atoms with Crippen LogP contribution >= 0.6 is 0 Å². The number of aromatic nitrogens is 5.